The zero-order valence-corrected chi connectivity index (χ0v) is 13.7. The minimum absolute atomic E-state index is 0.0632. The van der Waals surface area contributed by atoms with Crippen LogP contribution in [0.15, 0.2) is 18.3 Å². The summed E-state index contributed by atoms with van der Waals surface area (Å²) >= 11 is 0. The summed E-state index contributed by atoms with van der Waals surface area (Å²) in [5, 5.41) is 3.21. The Morgan fingerprint density at radius 2 is 1.90 bits per heavy atom. The third kappa shape index (κ3) is 6.12. The van der Waals surface area contributed by atoms with Crippen LogP contribution in [0, 0.1) is 0 Å². The standard InChI is InChI=1S/C16H28N4O/c1-5-9-17-15-8-7-14(13-18-15)16(21)20(10-6-2)12-11-19(3)4/h7-8,13H,5-6,9-12H2,1-4H3,(H,17,18). The average molecular weight is 292 g/mol. The van der Waals surface area contributed by atoms with Gasteiger partial charge in [0, 0.05) is 32.4 Å². The number of rotatable bonds is 9. The summed E-state index contributed by atoms with van der Waals surface area (Å²) in [4.78, 5) is 20.8. The number of nitrogens with zero attached hydrogens (tertiary/aromatic N) is 3. The van der Waals surface area contributed by atoms with E-state index in [0.717, 1.165) is 44.8 Å². The predicted octanol–water partition coefficient (Wildman–Crippen LogP) is 2.32. The highest BCUT2D eigenvalue weighted by Gasteiger charge is 2.15. The third-order valence-corrected chi connectivity index (χ3v) is 3.16. The minimum Gasteiger partial charge on any atom is -0.370 e. The molecule has 0 saturated carbocycles. The van der Waals surface area contributed by atoms with Gasteiger partial charge in [-0.05, 0) is 39.1 Å². The lowest BCUT2D eigenvalue weighted by Gasteiger charge is -2.24. The predicted molar refractivity (Wildman–Crippen MR) is 87.8 cm³/mol. The van der Waals surface area contributed by atoms with E-state index in [-0.39, 0.29) is 5.91 Å². The Balaban J connectivity index is 2.68. The number of hydrogen-bond acceptors (Lipinski definition) is 4. The summed E-state index contributed by atoms with van der Waals surface area (Å²) in [6, 6.07) is 3.73. The van der Waals surface area contributed by atoms with E-state index in [2.05, 4.69) is 29.0 Å². The molecule has 0 spiro atoms. The lowest BCUT2D eigenvalue weighted by atomic mass is 10.2. The second-order valence-electron chi connectivity index (χ2n) is 5.45. The molecule has 1 heterocycles. The Kier molecular flexibility index (Phi) is 7.75. The van der Waals surface area contributed by atoms with E-state index < -0.39 is 0 Å². The van der Waals surface area contributed by atoms with Crippen molar-refractivity contribution in [2.75, 3.05) is 45.6 Å². The first-order chi connectivity index (χ1) is 10.1. The van der Waals surface area contributed by atoms with E-state index in [1.54, 1.807) is 6.20 Å². The average Bonchev–Trinajstić information content (AvgIpc) is 2.49. The molecule has 5 nitrogen and oxygen atoms in total. The van der Waals surface area contributed by atoms with Crippen LogP contribution < -0.4 is 5.32 Å². The Morgan fingerprint density at radius 3 is 2.43 bits per heavy atom. The molecule has 0 aliphatic carbocycles. The van der Waals surface area contributed by atoms with Crippen LogP contribution in [0.25, 0.3) is 0 Å². The van der Waals surface area contributed by atoms with Gasteiger partial charge < -0.3 is 15.1 Å². The van der Waals surface area contributed by atoms with Crippen molar-refractivity contribution in [1.82, 2.24) is 14.8 Å². The van der Waals surface area contributed by atoms with E-state index in [0.29, 0.717) is 5.56 Å². The molecule has 1 aromatic heterocycles. The van der Waals surface area contributed by atoms with Crippen molar-refractivity contribution < 1.29 is 4.79 Å². The number of nitrogens with one attached hydrogen (secondary N) is 1. The Labute approximate surface area is 128 Å². The number of pyridine rings is 1. The van der Waals surface area contributed by atoms with Gasteiger partial charge in [0.15, 0.2) is 0 Å². The molecular formula is C16H28N4O. The van der Waals surface area contributed by atoms with Gasteiger partial charge in [0.25, 0.3) is 5.91 Å². The maximum Gasteiger partial charge on any atom is 0.255 e. The summed E-state index contributed by atoms with van der Waals surface area (Å²) in [6.45, 7) is 7.49. The zero-order chi connectivity index (χ0) is 15.7. The van der Waals surface area contributed by atoms with Crippen molar-refractivity contribution in [3.63, 3.8) is 0 Å². The topological polar surface area (TPSA) is 48.5 Å². The van der Waals surface area contributed by atoms with Crippen LogP contribution in [0.5, 0.6) is 0 Å². The molecule has 0 bridgehead atoms. The van der Waals surface area contributed by atoms with E-state index >= 15 is 0 Å². The van der Waals surface area contributed by atoms with Crippen LogP contribution in [0.2, 0.25) is 0 Å². The van der Waals surface area contributed by atoms with E-state index in [1.165, 1.54) is 0 Å². The fourth-order valence-electron chi connectivity index (χ4n) is 1.97. The molecule has 0 aliphatic heterocycles. The van der Waals surface area contributed by atoms with Crippen molar-refractivity contribution in [2.24, 2.45) is 0 Å². The third-order valence-electron chi connectivity index (χ3n) is 3.16. The van der Waals surface area contributed by atoms with E-state index in [1.807, 2.05) is 31.1 Å². The highest BCUT2D eigenvalue weighted by atomic mass is 16.2. The van der Waals surface area contributed by atoms with Gasteiger partial charge in [-0.15, -0.1) is 0 Å². The molecule has 1 amide bonds. The lowest BCUT2D eigenvalue weighted by Crippen LogP contribution is -2.37. The largest absolute Gasteiger partial charge is 0.370 e. The molecule has 0 unspecified atom stereocenters. The Bertz CT molecular complexity index is 417. The van der Waals surface area contributed by atoms with Crippen molar-refractivity contribution in [1.29, 1.82) is 0 Å². The van der Waals surface area contributed by atoms with Gasteiger partial charge in [-0.25, -0.2) is 4.98 Å². The van der Waals surface area contributed by atoms with E-state index in [4.69, 9.17) is 0 Å². The number of carbonyl (C=O) groups is 1. The van der Waals surface area contributed by atoms with Crippen LogP contribution >= 0.6 is 0 Å². The summed E-state index contributed by atoms with van der Waals surface area (Å²) in [6.07, 6.45) is 3.68. The number of anilines is 1. The van der Waals surface area contributed by atoms with Gasteiger partial charge in [0.2, 0.25) is 0 Å². The number of carbonyl (C=O) groups excluding carboxylic acids is 1. The molecule has 0 aromatic carbocycles. The number of likely N-dealkylation sites (N-methyl/N-ethyl adjacent to an activating group) is 1. The number of hydrogen-bond donors (Lipinski definition) is 1. The fraction of sp³-hybridized carbons (Fsp3) is 0.625. The molecule has 0 atom stereocenters. The molecule has 0 aliphatic rings. The second-order valence-corrected chi connectivity index (χ2v) is 5.45. The van der Waals surface area contributed by atoms with Crippen LogP contribution in [0.4, 0.5) is 5.82 Å². The number of amides is 1. The highest BCUT2D eigenvalue weighted by Crippen LogP contribution is 2.09. The molecule has 0 fully saturated rings. The first-order valence-electron chi connectivity index (χ1n) is 7.72. The molecule has 21 heavy (non-hydrogen) atoms. The summed E-state index contributed by atoms with van der Waals surface area (Å²) in [5.41, 5.74) is 0.657. The van der Waals surface area contributed by atoms with Gasteiger partial charge in [0.05, 0.1) is 5.56 Å². The maximum atomic E-state index is 12.5. The Hall–Kier alpha value is -1.62. The molecule has 0 saturated heterocycles. The number of aromatic nitrogens is 1. The fourth-order valence-corrected chi connectivity index (χ4v) is 1.97. The van der Waals surface area contributed by atoms with Gasteiger partial charge in [0.1, 0.15) is 5.82 Å². The molecule has 1 rings (SSSR count). The van der Waals surface area contributed by atoms with Gasteiger partial charge >= 0.3 is 0 Å². The summed E-state index contributed by atoms with van der Waals surface area (Å²) in [5.74, 6) is 0.886. The van der Waals surface area contributed by atoms with Crippen LogP contribution in [0.3, 0.4) is 0 Å². The maximum absolute atomic E-state index is 12.5. The van der Waals surface area contributed by atoms with Gasteiger partial charge in [-0.2, -0.15) is 0 Å². The quantitative estimate of drug-likeness (QED) is 0.759. The van der Waals surface area contributed by atoms with Gasteiger partial charge in [-0.3, -0.25) is 4.79 Å². The first kappa shape index (κ1) is 17.4. The van der Waals surface area contributed by atoms with E-state index in [9.17, 15) is 4.79 Å². The molecular weight excluding hydrogens is 264 g/mol. The van der Waals surface area contributed by atoms with Crippen molar-refractivity contribution in [3.8, 4) is 0 Å². The lowest BCUT2D eigenvalue weighted by molar-refractivity contribution is 0.0744. The molecule has 118 valence electrons. The van der Waals surface area contributed by atoms with Crippen molar-refractivity contribution in [2.45, 2.75) is 26.7 Å². The van der Waals surface area contributed by atoms with Crippen LogP contribution in [-0.4, -0.2) is 61.0 Å². The SMILES string of the molecule is CCCNc1ccc(C(=O)N(CCC)CCN(C)C)cn1. The Morgan fingerprint density at radius 1 is 1.14 bits per heavy atom. The monoisotopic (exact) mass is 292 g/mol. The summed E-state index contributed by atoms with van der Waals surface area (Å²) in [7, 11) is 4.04. The van der Waals surface area contributed by atoms with Crippen LogP contribution in [0.1, 0.15) is 37.0 Å². The van der Waals surface area contributed by atoms with Crippen molar-refractivity contribution >= 4 is 11.7 Å². The second kappa shape index (κ2) is 9.34. The smallest absolute Gasteiger partial charge is 0.255 e. The van der Waals surface area contributed by atoms with Crippen LogP contribution in [-0.2, 0) is 0 Å². The van der Waals surface area contributed by atoms with Gasteiger partial charge in [-0.1, -0.05) is 13.8 Å². The van der Waals surface area contributed by atoms with Crippen molar-refractivity contribution in [3.05, 3.63) is 23.9 Å². The minimum atomic E-state index is 0.0632. The normalized spacial score (nSPS) is 10.7. The molecule has 5 heteroatoms. The molecule has 0 radical (unpaired) electrons. The molecule has 1 N–H and O–H groups in total. The zero-order valence-electron chi connectivity index (χ0n) is 13.7. The highest BCUT2D eigenvalue weighted by molar-refractivity contribution is 5.94. The summed E-state index contributed by atoms with van der Waals surface area (Å²) < 4.78 is 0. The first-order valence-corrected chi connectivity index (χ1v) is 7.72. The molecule has 1 aromatic rings.